The lowest BCUT2D eigenvalue weighted by Crippen LogP contribution is -2.48. The van der Waals surface area contributed by atoms with E-state index in [4.69, 9.17) is 0 Å². The molecule has 2 aliphatic rings. The first-order valence-corrected chi connectivity index (χ1v) is 10.3. The quantitative estimate of drug-likeness (QED) is 0.877. The molecule has 5 heteroatoms. The number of carbonyl (C=O) groups excluding carboxylic acids is 1. The SMILES string of the molecule is CN1CCN(CC2(O)CCC(c3ccccc3)CC2)C[C@H](C(=O)N(C)C)C1. The van der Waals surface area contributed by atoms with Crippen LogP contribution >= 0.6 is 0 Å². The number of likely N-dealkylation sites (N-methyl/N-ethyl adjacent to an activating group) is 1. The third-order valence-electron chi connectivity index (χ3n) is 6.30. The maximum atomic E-state index is 12.5. The molecule has 0 radical (unpaired) electrons. The molecule has 1 saturated carbocycles. The van der Waals surface area contributed by atoms with Gasteiger partial charge in [-0.2, -0.15) is 0 Å². The van der Waals surface area contributed by atoms with Gasteiger partial charge in [0.15, 0.2) is 0 Å². The molecular formula is C22H35N3O2. The van der Waals surface area contributed by atoms with Crippen LogP contribution in [-0.4, -0.2) is 85.2 Å². The van der Waals surface area contributed by atoms with Crippen LogP contribution in [0.3, 0.4) is 0 Å². The highest BCUT2D eigenvalue weighted by atomic mass is 16.3. The third-order valence-corrected chi connectivity index (χ3v) is 6.30. The Morgan fingerprint density at radius 3 is 2.44 bits per heavy atom. The summed E-state index contributed by atoms with van der Waals surface area (Å²) in [6, 6.07) is 10.7. The number of aliphatic hydroxyl groups is 1. The molecule has 0 unspecified atom stereocenters. The van der Waals surface area contributed by atoms with E-state index in [0.29, 0.717) is 12.5 Å². The van der Waals surface area contributed by atoms with E-state index in [9.17, 15) is 9.90 Å². The lowest BCUT2D eigenvalue weighted by Gasteiger charge is -2.40. The minimum atomic E-state index is -0.625. The van der Waals surface area contributed by atoms with Gasteiger partial charge >= 0.3 is 0 Å². The number of carbonyl (C=O) groups is 1. The molecule has 2 fully saturated rings. The minimum Gasteiger partial charge on any atom is -0.389 e. The summed E-state index contributed by atoms with van der Waals surface area (Å²) in [5, 5.41) is 11.2. The van der Waals surface area contributed by atoms with Crippen LogP contribution in [-0.2, 0) is 4.79 Å². The molecular weight excluding hydrogens is 338 g/mol. The first kappa shape index (κ1) is 20.3. The molecule has 3 rings (SSSR count). The maximum Gasteiger partial charge on any atom is 0.227 e. The van der Waals surface area contributed by atoms with Crippen LogP contribution in [0.5, 0.6) is 0 Å². The van der Waals surface area contributed by atoms with E-state index in [2.05, 4.69) is 47.2 Å². The van der Waals surface area contributed by atoms with E-state index in [1.807, 2.05) is 14.1 Å². The van der Waals surface area contributed by atoms with Gasteiger partial charge in [-0.15, -0.1) is 0 Å². The van der Waals surface area contributed by atoms with Gasteiger partial charge in [-0.1, -0.05) is 30.3 Å². The number of nitrogens with zero attached hydrogens (tertiary/aromatic N) is 3. The summed E-state index contributed by atoms with van der Waals surface area (Å²) < 4.78 is 0. The van der Waals surface area contributed by atoms with Crippen molar-refractivity contribution in [1.82, 2.24) is 14.7 Å². The van der Waals surface area contributed by atoms with E-state index in [0.717, 1.165) is 51.9 Å². The van der Waals surface area contributed by atoms with E-state index < -0.39 is 5.60 Å². The van der Waals surface area contributed by atoms with Crippen LogP contribution in [0, 0.1) is 5.92 Å². The molecule has 1 aromatic rings. The van der Waals surface area contributed by atoms with Gasteiger partial charge in [-0.25, -0.2) is 0 Å². The summed E-state index contributed by atoms with van der Waals surface area (Å²) >= 11 is 0. The van der Waals surface area contributed by atoms with Crippen LogP contribution in [0.15, 0.2) is 30.3 Å². The number of benzene rings is 1. The van der Waals surface area contributed by atoms with Crippen molar-refractivity contribution in [3.05, 3.63) is 35.9 Å². The summed E-state index contributed by atoms with van der Waals surface area (Å²) in [5.74, 6) is 0.732. The molecule has 1 heterocycles. The highest BCUT2D eigenvalue weighted by Crippen LogP contribution is 2.38. The van der Waals surface area contributed by atoms with E-state index >= 15 is 0 Å². The first-order valence-electron chi connectivity index (χ1n) is 10.3. The van der Waals surface area contributed by atoms with Crippen LogP contribution in [0.25, 0.3) is 0 Å². The standard InChI is InChI=1S/C22H35N3O2/c1-23(2)21(26)20-15-24(3)13-14-25(16-20)17-22(27)11-9-19(10-12-22)18-7-5-4-6-8-18/h4-8,19-20,27H,9-17H2,1-3H3/t19?,20-,22?/m1/s1. The van der Waals surface area contributed by atoms with Gasteiger partial charge in [0.1, 0.15) is 0 Å². The van der Waals surface area contributed by atoms with Crippen LogP contribution in [0.2, 0.25) is 0 Å². The Morgan fingerprint density at radius 1 is 1.15 bits per heavy atom. The van der Waals surface area contributed by atoms with Gasteiger partial charge in [-0.3, -0.25) is 9.69 Å². The van der Waals surface area contributed by atoms with Gasteiger partial charge in [0.05, 0.1) is 11.5 Å². The topological polar surface area (TPSA) is 47.0 Å². The Bertz CT molecular complexity index is 611. The number of hydrogen-bond donors (Lipinski definition) is 1. The zero-order valence-electron chi connectivity index (χ0n) is 17.1. The smallest absolute Gasteiger partial charge is 0.227 e. The normalized spacial score (nSPS) is 30.7. The summed E-state index contributed by atoms with van der Waals surface area (Å²) in [7, 11) is 5.74. The second-order valence-electron chi connectivity index (χ2n) is 8.84. The predicted molar refractivity (Wildman–Crippen MR) is 109 cm³/mol. The number of β-amino-alcohol motifs (C(OH)–C–C–N with tert-alkyl or cyclic N) is 1. The Hall–Kier alpha value is -1.43. The zero-order valence-corrected chi connectivity index (χ0v) is 17.1. The largest absolute Gasteiger partial charge is 0.389 e. The molecule has 0 spiro atoms. The van der Waals surface area contributed by atoms with Crippen molar-refractivity contribution in [3.63, 3.8) is 0 Å². The Balaban J connectivity index is 1.59. The fraction of sp³-hybridized carbons (Fsp3) is 0.682. The van der Waals surface area contributed by atoms with Gasteiger partial charge in [0.25, 0.3) is 0 Å². The Morgan fingerprint density at radius 2 is 1.81 bits per heavy atom. The molecule has 150 valence electrons. The van der Waals surface area contributed by atoms with Gasteiger partial charge in [-0.05, 0) is 44.2 Å². The third kappa shape index (κ3) is 5.31. The predicted octanol–water partition coefficient (Wildman–Crippen LogP) is 2.03. The van der Waals surface area contributed by atoms with Crippen LogP contribution in [0.1, 0.15) is 37.2 Å². The highest BCUT2D eigenvalue weighted by Gasteiger charge is 2.37. The molecule has 0 aromatic heterocycles. The summed E-state index contributed by atoms with van der Waals surface area (Å²) in [6.07, 6.45) is 3.75. The molecule has 1 atom stereocenters. The molecule has 1 aliphatic heterocycles. The zero-order chi connectivity index (χ0) is 19.4. The number of hydrogen-bond acceptors (Lipinski definition) is 4. The number of rotatable bonds is 4. The molecule has 1 aliphatic carbocycles. The summed E-state index contributed by atoms with van der Waals surface area (Å²) in [5.41, 5.74) is 0.771. The first-order chi connectivity index (χ1) is 12.9. The van der Waals surface area contributed by atoms with Crippen molar-refractivity contribution in [2.45, 2.75) is 37.2 Å². The maximum absolute atomic E-state index is 12.5. The molecule has 5 nitrogen and oxygen atoms in total. The summed E-state index contributed by atoms with van der Waals surface area (Å²) in [6.45, 7) is 4.07. The van der Waals surface area contributed by atoms with Gasteiger partial charge < -0.3 is 14.9 Å². The average molecular weight is 374 g/mol. The Labute approximate surface area is 163 Å². The van der Waals surface area contributed by atoms with Crippen molar-refractivity contribution >= 4 is 5.91 Å². The molecule has 0 bridgehead atoms. The van der Waals surface area contributed by atoms with Crippen molar-refractivity contribution in [1.29, 1.82) is 0 Å². The molecule has 1 amide bonds. The van der Waals surface area contributed by atoms with Crippen molar-refractivity contribution in [2.24, 2.45) is 5.92 Å². The van der Waals surface area contributed by atoms with Gasteiger partial charge in [0, 0.05) is 46.8 Å². The molecule has 1 aromatic carbocycles. The van der Waals surface area contributed by atoms with Crippen molar-refractivity contribution in [3.8, 4) is 0 Å². The molecule has 1 N–H and O–H groups in total. The van der Waals surface area contributed by atoms with E-state index in [1.165, 1.54) is 5.56 Å². The second-order valence-corrected chi connectivity index (χ2v) is 8.84. The lowest BCUT2D eigenvalue weighted by molar-refractivity contribution is -0.134. The van der Waals surface area contributed by atoms with E-state index in [-0.39, 0.29) is 11.8 Å². The van der Waals surface area contributed by atoms with Crippen LogP contribution < -0.4 is 0 Å². The minimum absolute atomic E-state index is 0.0169. The lowest BCUT2D eigenvalue weighted by atomic mass is 9.76. The highest BCUT2D eigenvalue weighted by molar-refractivity contribution is 5.78. The van der Waals surface area contributed by atoms with Crippen LogP contribution in [0.4, 0.5) is 0 Å². The monoisotopic (exact) mass is 373 g/mol. The van der Waals surface area contributed by atoms with Crippen molar-refractivity contribution < 1.29 is 9.90 Å². The number of amides is 1. The second kappa shape index (κ2) is 8.72. The fourth-order valence-corrected chi connectivity index (χ4v) is 4.69. The molecule has 1 saturated heterocycles. The van der Waals surface area contributed by atoms with Gasteiger partial charge in [0.2, 0.25) is 5.91 Å². The average Bonchev–Trinajstić information content (AvgIpc) is 2.83. The Kier molecular flexibility index (Phi) is 6.56. The van der Waals surface area contributed by atoms with Crippen molar-refractivity contribution in [2.75, 3.05) is 53.9 Å². The molecule has 27 heavy (non-hydrogen) atoms. The fourth-order valence-electron chi connectivity index (χ4n) is 4.69. The summed E-state index contributed by atoms with van der Waals surface area (Å²) in [4.78, 5) is 18.8. The van der Waals surface area contributed by atoms with E-state index in [1.54, 1.807) is 4.90 Å².